The molecular formula is C19H25NO4. The number of rotatable bonds is 5. The first kappa shape index (κ1) is 16.8. The molecule has 5 nitrogen and oxygen atoms in total. The van der Waals surface area contributed by atoms with Crippen molar-refractivity contribution in [3.63, 3.8) is 0 Å². The van der Waals surface area contributed by atoms with Crippen molar-refractivity contribution >= 4 is 5.97 Å². The smallest absolute Gasteiger partial charge is 0.308 e. The van der Waals surface area contributed by atoms with E-state index in [1.807, 2.05) is 31.2 Å². The van der Waals surface area contributed by atoms with E-state index in [9.17, 15) is 9.90 Å². The summed E-state index contributed by atoms with van der Waals surface area (Å²) < 4.78 is 10.8. The molecule has 2 heterocycles. The summed E-state index contributed by atoms with van der Waals surface area (Å²) in [6, 6.07) is 5.69. The first-order valence-electron chi connectivity index (χ1n) is 8.41. The van der Waals surface area contributed by atoms with E-state index in [2.05, 4.69) is 25.2 Å². The summed E-state index contributed by atoms with van der Waals surface area (Å²) in [6.45, 7) is 7.16. The van der Waals surface area contributed by atoms with Crippen molar-refractivity contribution < 1.29 is 19.4 Å². The maximum atomic E-state index is 12.0. The highest BCUT2D eigenvalue weighted by atomic mass is 16.7. The van der Waals surface area contributed by atoms with Gasteiger partial charge in [0.25, 0.3) is 0 Å². The Morgan fingerprint density at radius 2 is 2.12 bits per heavy atom. The molecule has 3 rings (SSSR count). The van der Waals surface area contributed by atoms with Gasteiger partial charge in [-0.25, -0.2) is 0 Å². The summed E-state index contributed by atoms with van der Waals surface area (Å²) in [5.41, 5.74) is 0.953. The van der Waals surface area contributed by atoms with E-state index in [4.69, 9.17) is 9.47 Å². The van der Waals surface area contributed by atoms with Crippen molar-refractivity contribution in [3.05, 3.63) is 35.9 Å². The topological polar surface area (TPSA) is 67.8 Å². The first-order valence-corrected chi connectivity index (χ1v) is 8.41. The number of allylic oxidation sites excluding steroid dienone is 2. The van der Waals surface area contributed by atoms with Gasteiger partial charge in [0.2, 0.25) is 6.79 Å². The van der Waals surface area contributed by atoms with Gasteiger partial charge in [-0.2, -0.15) is 0 Å². The zero-order valence-electron chi connectivity index (χ0n) is 14.4. The van der Waals surface area contributed by atoms with Gasteiger partial charge < -0.3 is 19.9 Å². The summed E-state index contributed by atoms with van der Waals surface area (Å²) >= 11 is 0. The van der Waals surface area contributed by atoms with Gasteiger partial charge in [0.1, 0.15) is 0 Å². The molecule has 3 atom stereocenters. The van der Waals surface area contributed by atoms with Crippen LogP contribution in [0, 0.1) is 11.3 Å². The van der Waals surface area contributed by atoms with Gasteiger partial charge >= 0.3 is 5.97 Å². The second kappa shape index (κ2) is 6.48. The van der Waals surface area contributed by atoms with Crippen molar-refractivity contribution in [2.45, 2.75) is 39.2 Å². The van der Waals surface area contributed by atoms with Gasteiger partial charge in [-0.15, -0.1) is 0 Å². The van der Waals surface area contributed by atoms with Gasteiger partial charge in [0, 0.05) is 18.5 Å². The number of carboxylic acid groups (broad SMARTS) is 1. The molecule has 2 aliphatic rings. The van der Waals surface area contributed by atoms with Crippen molar-refractivity contribution in [3.8, 4) is 11.5 Å². The molecule has 0 radical (unpaired) electrons. The molecule has 0 amide bonds. The molecule has 0 aromatic heterocycles. The number of aliphatic carboxylic acids is 1. The summed E-state index contributed by atoms with van der Waals surface area (Å²) in [7, 11) is 0. The van der Waals surface area contributed by atoms with Crippen LogP contribution in [0.5, 0.6) is 11.5 Å². The Morgan fingerprint density at radius 3 is 2.83 bits per heavy atom. The third kappa shape index (κ3) is 3.26. The number of carbonyl (C=O) groups is 1. The molecule has 130 valence electrons. The normalized spacial score (nSPS) is 26.2. The van der Waals surface area contributed by atoms with Crippen LogP contribution in [-0.4, -0.2) is 30.5 Å². The lowest BCUT2D eigenvalue weighted by Crippen LogP contribution is -2.36. The van der Waals surface area contributed by atoms with Gasteiger partial charge in [-0.3, -0.25) is 4.79 Å². The molecule has 0 unspecified atom stereocenters. The predicted molar refractivity (Wildman–Crippen MR) is 91.4 cm³/mol. The van der Waals surface area contributed by atoms with E-state index in [1.165, 1.54) is 0 Å². The van der Waals surface area contributed by atoms with E-state index in [0.717, 1.165) is 17.7 Å². The van der Waals surface area contributed by atoms with Crippen LogP contribution in [0.1, 0.15) is 38.7 Å². The molecule has 1 fully saturated rings. The van der Waals surface area contributed by atoms with Gasteiger partial charge in [-0.05, 0) is 36.5 Å². The van der Waals surface area contributed by atoms with E-state index >= 15 is 0 Å². The fourth-order valence-corrected chi connectivity index (χ4v) is 3.91. The molecule has 0 spiro atoms. The van der Waals surface area contributed by atoms with Gasteiger partial charge in [-0.1, -0.05) is 32.1 Å². The van der Waals surface area contributed by atoms with Gasteiger partial charge in [0.15, 0.2) is 11.5 Å². The number of ether oxygens (including phenoxy) is 2. The highest BCUT2D eigenvalue weighted by Gasteiger charge is 2.43. The van der Waals surface area contributed by atoms with Crippen LogP contribution in [0.3, 0.4) is 0 Å². The highest BCUT2D eigenvalue weighted by molar-refractivity contribution is 5.73. The van der Waals surface area contributed by atoms with Crippen molar-refractivity contribution in [2.75, 3.05) is 13.3 Å². The van der Waals surface area contributed by atoms with Crippen molar-refractivity contribution in [2.24, 2.45) is 11.3 Å². The predicted octanol–water partition coefficient (Wildman–Crippen LogP) is 3.16. The van der Waals surface area contributed by atoms with Crippen LogP contribution >= 0.6 is 0 Å². The van der Waals surface area contributed by atoms with E-state index in [-0.39, 0.29) is 24.2 Å². The number of fused-ring (bicyclic) bond motifs is 1. The van der Waals surface area contributed by atoms with Gasteiger partial charge in [0.05, 0.1) is 5.92 Å². The summed E-state index contributed by atoms with van der Waals surface area (Å²) in [5, 5.41) is 13.3. The standard InChI is InChI=1S/C19H25NO4/c1-4-7-19(2,3)9-14-17(18(21)22)13(10-20-14)12-5-6-15-16(8-12)24-11-23-15/h4-8,13-14,17,20H,9-11H2,1-3H3,(H,21,22)/t13-,14+,17-/m1/s1. The first-order chi connectivity index (χ1) is 11.4. The van der Waals surface area contributed by atoms with Crippen LogP contribution in [0.25, 0.3) is 0 Å². The summed E-state index contributed by atoms with van der Waals surface area (Å²) in [5.74, 6) is 0.166. The minimum absolute atomic E-state index is 0.0378. The number of nitrogens with one attached hydrogen (secondary N) is 1. The average Bonchev–Trinajstić information content (AvgIpc) is 3.11. The Morgan fingerprint density at radius 1 is 1.38 bits per heavy atom. The third-order valence-electron chi connectivity index (χ3n) is 4.94. The molecule has 0 saturated carbocycles. The lowest BCUT2D eigenvalue weighted by molar-refractivity contribution is -0.142. The molecule has 2 aliphatic heterocycles. The minimum Gasteiger partial charge on any atom is -0.481 e. The molecule has 0 bridgehead atoms. The second-order valence-electron chi connectivity index (χ2n) is 7.29. The molecule has 5 heteroatoms. The second-order valence-corrected chi connectivity index (χ2v) is 7.29. The largest absolute Gasteiger partial charge is 0.481 e. The molecule has 1 saturated heterocycles. The molecule has 2 N–H and O–H groups in total. The Bertz CT molecular complexity index is 653. The third-order valence-corrected chi connectivity index (χ3v) is 4.94. The van der Waals surface area contributed by atoms with Crippen molar-refractivity contribution in [1.82, 2.24) is 5.32 Å². The fraction of sp³-hybridized carbons (Fsp3) is 0.526. The van der Waals surface area contributed by atoms with Crippen LogP contribution < -0.4 is 14.8 Å². The molecular weight excluding hydrogens is 306 g/mol. The van der Waals surface area contributed by atoms with Crippen LogP contribution in [0.4, 0.5) is 0 Å². The monoisotopic (exact) mass is 331 g/mol. The Balaban J connectivity index is 1.83. The molecule has 24 heavy (non-hydrogen) atoms. The average molecular weight is 331 g/mol. The highest BCUT2D eigenvalue weighted by Crippen LogP contribution is 2.41. The number of hydrogen-bond donors (Lipinski definition) is 2. The van der Waals surface area contributed by atoms with E-state index in [1.54, 1.807) is 0 Å². The number of carboxylic acids is 1. The SMILES string of the molecule is CC=CC(C)(C)C[C@@H]1NC[C@H](c2ccc3c(c2)OCO3)[C@H]1C(=O)O. The Labute approximate surface area is 142 Å². The lowest BCUT2D eigenvalue weighted by atomic mass is 9.78. The minimum atomic E-state index is -0.746. The molecule has 1 aromatic rings. The zero-order chi connectivity index (χ0) is 17.3. The maximum absolute atomic E-state index is 12.0. The maximum Gasteiger partial charge on any atom is 0.308 e. The Kier molecular flexibility index (Phi) is 4.54. The molecule has 1 aromatic carbocycles. The van der Waals surface area contributed by atoms with Crippen LogP contribution in [0.15, 0.2) is 30.4 Å². The summed E-state index contributed by atoms with van der Waals surface area (Å²) in [6.07, 6.45) is 4.96. The quantitative estimate of drug-likeness (QED) is 0.811. The van der Waals surface area contributed by atoms with E-state index < -0.39 is 11.9 Å². The fourth-order valence-electron chi connectivity index (χ4n) is 3.91. The zero-order valence-corrected chi connectivity index (χ0v) is 14.4. The number of hydrogen-bond acceptors (Lipinski definition) is 4. The molecule has 0 aliphatic carbocycles. The Hall–Kier alpha value is -2.01. The van der Waals surface area contributed by atoms with Crippen molar-refractivity contribution in [1.29, 1.82) is 0 Å². The number of benzene rings is 1. The summed E-state index contributed by atoms with van der Waals surface area (Å²) in [4.78, 5) is 12.0. The lowest BCUT2D eigenvalue weighted by Gasteiger charge is -2.28. The van der Waals surface area contributed by atoms with Crippen LogP contribution in [-0.2, 0) is 4.79 Å². The van der Waals surface area contributed by atoms with Crippen LogP contribution in [0.2, 0.25) is 0 Å². The van der Waals surface area contributed by atoms with E-state index in [0.29, 0.717) is 12.3 Å².